The van der Waals surface area contributed by atoms with Gasteiger partial charge < -0.3 is 10.2 Å². The molecule has 102 valence electrons. The van der Waals surface area contributed by atoms with Crippen molar-refractivity contribution in [2.45, 2.75) is 39.8 Å². The maximum absolute atomic E-state index is 3.43. The van der Waals surface area contributed by atoms with E-state index < -0.39 is 0 Å². The number of hydrogen-bond donors (Lipinski definition) is 1. The first-order chi connectivity index (χ1) is 8.45. The lowest BCUT2D eigenvalue weighted by atomic mass is 10.0. The summed E-state index contributed by atoms with van der Waals surface area (Å²) in [5, 5.41) is 3.43. The third-order valence-electron chi connectivity index (χ3n) is 3.92. The summed E-state index contributed by atoms with van der Waals surface area (Å²) in [6, 6.07) is 9.77. The number of nitrogens with zero attached hydrogens (tertiary/aromatic N) is 1. The van der Waals surface area contributed by atoms with Crippen molar-refractivity contribution in [1.82, 2.24) is 10.2 Å². The molecule has 1 aromatic carbocycles. The minimum Gasteiger partial charge on any atom is -0.312 e. The maximum Gasteiger partial charge on any atom is 0.0446 e. The molecule has 0 aliphatic carbocycles. The van der Waals surface area contributed by atoms with Gasteiger partial charge in [0.25, 0.3) is 0 Å². The van der Waals surface area contributed by atoms with Crippen LogP contribution in [-0.2, 0) is 0 Å². The van der Waals surface area contributed by atoms with Gasteiger partial charge >= 0.3 is 0 Å². The van der Waals surface area contributed by atoms with E-state index in [1.165, 1.54) is 11.1 Å². The molecule has 0 aliphatic heterocycles. The largest absolute Gasteiger partial charge is 0.312 e. The van der Waals surface area contributed by atoms with Crippen LogP contribution in [0.1, 0.15) is 37.9 Å². The average Bonchev–Trinajstić information content (AvgIpc) is 2.34. The van der Waals surface area contributed by atoms with Crippen LogP contribution >= 0.6 is 0 Å². The first kappa shape index (κ1) is 15.2. The first-order valence-corrected chi connectivity index (χ1v) is 6.89. The average molecular weight is 248 g/mol. The zero-order valence-electron chi connectivity index (χ0n) is 12.7. The summed E-state index contributed by atoms with van der Waals surface area (Å²) in [6.07, 6.45) is 0. The zero-order valence-corrected chi connectivity index (χ0v) is 12.7. The van der Waals surface area contributed by atoms with Crippen LogP contribution in [0.15, 0.2) is 24.3 Å². The molecule has 2 unspecified atom stereocenters. The van der Waals surface area contributed by atoms with Gasteiger partial charge in [0.2, 0.25) is 0 Å². The van der Waals surface area contributed by atoms with E-state index in [1.54, 1.807) is 0 Å². The van der Waals surface area contributed by atoms with Gasteiger partial charge in [-0.2, -0.15) is 0 Å². The van der Waals surface area contributed by atoms with Gasteiger partial charge in [-0.25, -0.2) is 0 Å². The van der Waals surface area contributed by atoms with Crippen LogP contribution in [0.2, 0.25) is 0 Å². The van der Waals surface area contributed by atoms with Gasteiger partial charge in [-0.15, -0.1) is 0 Å². The fourth-order valence-corrected chi connectivity index (χ4v) is 2.21. The molecule has 0 radical (unpaired) electrons. The molecule has 1 aromatic rings. The normalized spacial score (nSPS) is 15.1. The van der Waals surface area contributed by atoms with Gasteiger partial charge in [0, 0.05) is 18.6 Å². The Kier molecular flexibility index (Phi) is 5.83. The van der Waals surface area contributed by atoms with Crippen LogP contribution in [0.4, 0.5) is 0 Å². The third kappa shape index (κ3) is 4.11. The summed E-state index contributed by atoms with van der Waals surface area (Å²) >= 11 is 0. The Morgan fingerprint density at radius 1 is 1.22 bits per heavy atom. The lowest BCUT2D eigenvalue weighted by molar-refractivity contribution is 0.190. The van der Waals surface area contributed by atoms with Crippen molar-refractivity contribution in [3.8, 4) is 0 Å². The molecule has 18 heavy (non-hydrogen) atoms. The van der Waals surface area contributed by atoms with Crippen LogP contribution in [0.25, 0.3) is 0 Å². The van der Waals surface area contributed by atoms with Crippen LogP contribution in [-0.4, -0.2) is 31.6 Å². The van der Waals surface area contributed by atoms with Crippen molar-refractivity contribution >= 4 is 0 Å². The molecule has 0 aromatic heterocycles. The summed E-state index contributed by atoms with van der Waals surface area (Å²) in [6.45, 7) is 10.0. The van der Waals surface area contributed by atoms with Gasteiger partial charge in [-0.05, 0) is 39.4 Å². The Hall–Kier alpha value is -0.860. The number of benzene rings is 1. The number of likely N-dealkylation sites (N-methyl/N-ethyl adjacent to an activating group) is 2. The topological polar surface area (TPSA) is 15.3 Å². The van der Waals surface area contributed by atoms with E-state index in [-0.39, 0.29) is 0 Å². The fourth-order valence-electron chi connectivity index (χ4n) is 2.21. The third-order valence-corrected chi connectivity index (χ3v) is 3.92. The molecule has 0 saturated heterocycles. The van der Waals surface area contributed by atoms with Gasteiger partial charge in [-0.1, -0.05) is 43.7 Å². The van der Waals surface area contributed by atoms with Crippen molar-refractivity contribution in [2.24, 2.45) is 5.92 Å². The molecule has 0 fully saturated rings. The molecular weight excluding hydrogens is 220 g/mol. The molecule has 0 bridgehead atoms. The molecular formula is C16H28N2. The van der Waals surface area contributed by atoms with E-state index in [0.717, 1.165) is 6.54 Å². The van der Waals surface area contributed by atoms with Gasteiger partial charge in [-0.3, -0.25) is 0 Å². The predicted octanol–water partition coefficient (Wildman–Crippen LogP) is 3.23. The lowest BCUT2D eigenvalue weighted by Gasteiger charge is -2.31. The SMILES string of the molecule is CNC(CN(C)C(C)C(C)C)c1cccc(C)c1. The van der Waals surface area contributed by atoms with Crippen molar-refractivity contribution < 1.29 is 0 Å². The van der Waals surface area contributed by atoms with E-state index in [2.05, 4.69) is 69.2 Å². The molecule has 1 N–H and O–H groups in total. The lowest BCUT2D eigenvalue weighted by Crippen LogP contribution is -2.39. The second-order valence-electron chi connectivity index (χ2n) is 5.68. The van der Waals surface area contributed by atoms with E-state index in [1.807, 2.05) is 7.05 Å². The molecule has 0 saturated carbocycles. The van der Waals surface area contributed by atoms with Crippen molar-refractivity contribution in [3.05, 3.63) is 35.4 Å². The maximum atomic E-state index is 3.43. The molecule has 1 rings (SSSR count). The molecule has 0 amide bonds. The van der Waals surface area contributed by atoms with Crippen LogP contribution in [0, 0.1) is 12.8 Å². The highest BCUT2D eigenvalue weighted by Crippen LogP contribution is 2.17. The monoisotopic (exact) mass is 248 g/mol. The minimum atomic E-state index is 0.399. The van der Waals surface area contributed by atoms with E-state index in [4.69, 9.17) is 0 Å². The Morgan fingerprint density at radius 3 is 2.39 bits per heavy atom. The predicted molar refractivity (Wildman–Crippen MR) is 79.9 cm³/mol. The number of aryl methyl sites for hydroxylation is 1. The summed E-state index contributed by atoms with van der Waals surface area (Å²) in [5.41, 5.74) is 2.70. The Balaban J connectivity index is 2.73. The highest BCUT2D eigenvalue weighted by Gasteiger charge is 2.18. The summed E-state index contributed by atoms with van der Waals surface area (Å²) in [4.78, 5) is 2.44. The number of nitrogens with one attached hydrogen (secondary N) is 1. The van der Waals surface area contributed by atoms with Crippen LogP contribution in [0.5, 0.6) is 0 Å². The molecule has 2 atom stereocenters. The second kappa shape index (κ2) is 6.91. The fraction of sp³-hybridized carbons (Fsp3) is 0.625. The Morgan fingerprint density at radius 2 is 1.89 bits per heavy atom. The van der Waals surface area contributed by atoms with Gasteiger partial charge in [0.1, 0.15) is 0 Å². The summed E-state index contributed by atoms with van der Waals surface area (Å²) < 4.78 is 0. The Bertz CT molecular complexity index is 360. The van der Waals surface area contributed by atoms with E-state index in [0.29, 0.717) is 18.0 Å². The summed E-state index contributed by atoms with van der Waals surface area (Å²) in [7, 11) is 4.26. The van der Waals surface area contributed by atoms with E-state index >= 15 is 0 Å². The molecule has 0 aliphatic rings. The number of rotatable bonds is 6. The van der Waals surface area contributed by atoms with Gasteiger partial charge in [0.05, 0.1) is 0 Å². The minimum absolute atomic E-state index is 0.399. The number of hydrogen-bond acceptors (Lipinski definition) is 2. The zero-order chi connectivity index (χ0) is 13.7. The highest BCUT2D eigenvalue weighted by atomic mass is 15.1. The highest BCUT2D eigenvalue weighted by molar-refractivity contribution is 5.25. The van der Waals surface area contributed by atoms with Gasteiger partial charge in [0.15, 0.2) is 0 Å². The van der Waals surface area contributed by atoms with Crippen molar-refractivity contribution in [3.63, 3.8) is 0 Å². The Labute approximate surface area is 112 Å². The summed E-state index contributed by atoms with van der Waals surface area (Å²) in [5.74, 6) is 0.685. The molecule has 2 heteroatoms. The first-order valence-electron chi connectivity index (χ1n) is 6.89. The second-order valence-corrected chi connectivity index (χ2v) is 5.68. The molecule has 2 nitrogen and oxygen atoms in total. The van der Waals surface area contributed by atoms with Crippen LogP contribution in [0.3, 0.4) is 0 Å². The van der Waals surface area contributed by atoms with Crippen LogP contribution < -0.4 is 5.32 Å². The van der Waals surface area contributed by atoms with Crippen molar-refractivity contribution in [2.75, 3.05) is 20.6 Å². The smallest absolute Gasteiger partial charge is 0.0446 e. The molecule has 0 spiro atoms. The quantitative estimate of drug-likeness (QED) is 0.831. The van der Waals surface area contributed by atoms with E-state index in [9.17, 15) is 0 Å². The molecule has 0 heterocycles. The standard InChI is InChI=1S/C16H28N2/c1-12(2)14(4)18(6)11-16(17-5)15-9-7-8-13(3)10-15/h7-10,12,14,16-17H,11H2,1-6H3. The van der Waals surface area contributed by atoms with Crippen molar-refractivity contribution in [1.29, 1.82) is 0 Å².